The maximum Gasteiger partial charge on any atom is 0.334 e. The van der Waals surface area contributed by atoms with E-state index in [2.05, 4.69) is 6.92 Å². The third-order valence-corrected chi connectivity index (χ3v) is 2.83. The number of hydrogen-bond acceptors (Lipinski definition) is 3. The second-order valence-electron chi connectivity index (χ2n) is 4.34. The molecule has 0 bridgehead atoms. The summed E-state index contributed by atoms with van der Waals surface area (Å²) in [6.07, 6.45) is 1.88. The summed E-state index contributed by atoms with van der Waals surface area (Å²) in [5, 5.41) is 18.2. The largest absolute Gasteiger partial charge is 0.479 e. The summed E-state index contributed by atoms with van der Waals surface area (Å²) in [5.74, 6) is -1.17. The molecule has 4 heteroatoms. The average Bonchev–Trinajstić information content (AvgIpc) is 2.38. The van der Waals surface area contributed by atoms with E-state index in [0.29, 0.717) is 0 Å². The number of benzene rings is 1. The Morgan fingerprint density at radius 1 is 1.28 bits per heavy atom. The smallest absolute Gasteiger partial charge is 0.334 e. The van der Waals surface area contributed by atoms with Crippen LogP contribution in [0.3, 0.4) is 0 Å². The summed E-state index contributed by atoms with van der Waals surface area (Å²) in [6, 6.07) is 9.60. The lowest BCUT2D eigenvalue weighted by Gasteiger charge is -2.26. The highest BCUT2D eigenvalue weighted by atomic mass is 16.4. The Kier molecular flexibility index (Phi) is 6.22. The van der Waals surface area contributed by atoms with Crippen molar-refractivity contribution in [3.05, 3.63) is 30.3 Å². The van der Waals surface area contributed by atoms with E-state index in [1.807, 2.05) is 35.2 Å². The van der Waals surface area contributed by atoms with Crippen molar-refractivity contribution < 1.29 is 15.0 Å². The van der Waals surface area contributed by atoms with Gasteiger partial charge in [0.05, 0.1) is 6.54 Å². The van der Waals surface area contributed by atoms with E-state index in [1.165, 1.54) is 0 Å². The van der Waals surface area contributed by atoms with Crippen LogP contribution < -0.4 is 4.90 Å². The van der Waals surface area contributed by atoms with Gasteiger partial charge in [0.1, 0.15) is 0 Å². The fourth-order valence-corrected chi connectivity index (χ4v) is 1.80. The van der Waals surface area contributed by atoms with Gasteiger partial charge in [-0.1, -0.05) is 38.0 Å². The van der Waals surface area contributed by atoms with Crippen molar-refractivity contribution in [1.82, 2.24) is 0 Å². The second kappa shape index (κ2) is 7.71. The van der Waals surface area contributed by atoms with Crippen LogP contribution >= 0.6 is 0 Å². The van der Waals surface area contributed by atoms with Crippen molar-refractivity contribution in [3.8, 4) is 0 Å². The number of aliphatic hydroxyl groups is 1. The fourth-order valence-electron chi connectivity index (χ4n) is 1.80. The third kappa shape index (κ3) is 4.75. The predicted molar refractivity (Wildman–Crippen MR) is 71.8 cm³/mol. The number of aliphatic carboxylic acids is 1. The predicted octanol–water partition coefficient (Wildman–Crippen LogP) is 2.13. The van der Waals surface area contributed by atoms with Gasteiger partial charge >= 0.3 is 5.97 Å². The molecule has 0 amide bonds. The van der Waals surface area contributed by atoms with Crippen LogP contribution in [-0.2, 0) is 4.79 Å². The lowest BCUT2D eigenvalue weighted by molar-refractivity contribution is -0.146. The van der Waals surface area contributed by atoms with Crippen molar-refractivity contribution in [1.29, 1.82) is 0 Å². The lowest BCUT2D eigenvalue weighted by Crippen LogP contribution is -2.37. The number of carboxylic acids is 1. The summed E-state index contributed by atoms with van der Waals surface area (Å²) in [5.41, 5.74) is 0.953. The van der Waals surface area contributed by atoms with Gasteiger partial charge in [-0.25, -0.2) is 4.79 Å². The highest BCUT2D eigenvalue weighted by Gasteiger charge is 2.17. The van der Waals surface area contributed by atoms with Crippen LogP contribution in [0.5, 0.6) is 0 Å². The molecule has 0 spiro atoms. The van der Waals surface area contributed by atoms with E-state index in [0.717, 1.165) is 31.5 Å². The Labute approximate surface area is 108 Å². The zero-order valence-corrected chi connectivity index (χ0v) is 10.7. The van der Waals surface area contributed by atoms with E-state index in [4.69, 9.17) is 5.11 Å². The fraction of sp³-hybridized carbons (Fsp3) is 0.500. The number of rotatable bonds is 8. The van der Waals surface area contributed by atoms with Crippen molar-refractivity contribution in [2.45, 2.75) is 32.3 Å². The van der Waals surface area contributed by atoms with Crippen molar-refractivity contribution in [2.75, 3.05) is 18.0 Å². The van der Waals surface area contributed by atoms with Gasteiger partial charge in [0.2, 0.25) is 0 Å². The van der Waals surface area contributed by atoms with Crippen LogP contribution in [0.2, 0.25) is 0 Å². The van der Waals surface area contributed by atoms with Crippen molar-refractivity contribution in [3.63, 3.8) is 0 Å². The Morgan fingerprint density at radius 3 is 2.50 bits per heavy atom. The van der Waals surface area contributed by atoms with E-state index in [1.54, 1.807) is 0 Å². The lowest BCUT2D eigenvalue weighted by atomic mass is 10.2. The molecule has 18 heavy (non-hydrogen) atoms. The van der Waals surface area contributed by atoms with Crippen LogP contribution in [0, 0.1) is 0 Å². The highest BCUT2D eigenvalue weighted by Crippen LogP contribution is 2.15. The first-order valence-electron chi connectivity index (χ1n) is 6.36. The maximum atomic E-state index is 10.7. The molecule has 0 saturated heterocycles. The minimum atomic E-state index is -1.34. The molecule has 1 atom stereocenters. The molecule has 0 aliphatic rings. The van der Waals surface area contributed by atoms with Crippen LogP contribution in [0.4, 0.5) is 5.69 Å². The van der Waals surface area contributed by atoms with Gasteiger partial charge < -0.3 is 15.1 Å². The third-order valence-electron chi connectivity index (χ3n) is 2.83. The van der Waals surface area contributed by atoms with Crippen LogP contribution in [0.1, 0.15) is 26.2 Å². The summed E-state index contributed by atoms with van der Waals surface area (Å²) in [7, 11) is 0. The molecule has 4 nitrogen and oxygen atoms in total. The van der Waals surface area contributed by atoms with Crippen molar-refractivity contribution >= 4 is 11.7 Å². The van der Waals surface area contributed by atoms with Gasteiger partial charge in [0.25, 0.3) is 0 Å². The number of unbranched alkanes of at least 4 members (excludes halogenated alkanes) is 2. The minimum absolute atomic E-state index is 0.128. The topological polar surface area (TPSA) is 60.8 Å². The summed E-state index contributed by atoms with van der Waals surface area (Å²) in [6.45, 7) is 3.02. The number of hydrogen-bond donors (Lipinski definition) is 2. The molecule has 0 saturated carbocycles. The summed E-state index contributed by atoms with van der Waals surface area (Å²) >= 11 is 0. The Hall–Kier alpha value is -1.55. The molecule has 1 aromatic rings. The molecular formula is C14H21NO3. The number of nitrogens with zero attached hydrogens (tertiary/aromatic N) is 1. The van der Waals surface area contributed by atoms with Crippen LogP contribution in [0.15, 0.2) is 30.3 Å². The van der Waals surface area contributed by atoms with Gasteiger partial charge in [-0.15, -0.1) is 0 Å². The molecule has 0 radical (unpaired) electrons. The molecule has 0 aromatic heterocycles. The number of anilines is 1. The quantitative estimate of drug-likeness (QED) is 0.695. The standard InChI is InChI=1S/C14H21NO3/c1-2-3-7-10-15(11-13(16)14(17)18)12-8-5-4-6-9-12/h4-6,8-9,13,16H,2-3,7,10-11H2,1H3,(H,17,18). The Morgan fingerprint density at radius 2 is 1.94 bits per heavy atom. The van der Waals surface area contributed by atoms with E-state index in [-0.39, 0.29) is 6.54 Å². The SMILES string of the molecule is CCCCCN(CC(O)C(=O)O)c1ccccc1. The maximum absolute atomic E-state index is 10.7. The second-order valence-corrected chi connectivity index (χ2v) is 4.34. The molecule has 0 heterocycles. The first-order chi connectivity index (χ1) is 8.65. The number of carbonyl (C=O) groups is 1. The molecule has 1 rings (SSSR count). The molecule has 100 valence electrons. The first kappa shape index (κ1) is 14.5. The monoisotopic (exact) mass is 251 g/mol. The van der Waals surface area contributed by atoms with E-state index in [9.17, 15) is 9.90 Å². The summed E-state index contributed by atoms with van der Waals surface area (Å²) < 4.78 is 0. The van der Waals surface area contributed by atoms with E-state index >= 15 is 0 Å². The van der Waals surface area contributed by atoms with Crippen molar-refractivity contribution in [2.24, 2.45) is 0 Å². The Bertz CT molecular complexity index is 353. The van der Waals surface area contributed by atoms with Gasteiger partial charge in [-0.3, -0.25) is 0 Å². The van der Waals surface area contributed by atoms with Gasteiger partial charge in [0, 0.05) is 12.2 Å². The normalized spacial score (nSPS) is 12.1. The van der Waals surface area contributed by atoms with Gasteiger partial charge in [-0.05, 0) is 18.6 Å². The molecule has 0 aliphatic carbocycles. The molecule has 1 unspecified atom stereocenters. The number of carboxylic acid groups (broad SMARTS) is 1. The van der Waals surface area contributed by atoms with E-state index < -0.39 is 12.1 Å². The van der Waals surface area contributed by atoms with Crippen LogP contribution in [-0.4, -0.2) is 35.4 Å². The average molecular weight is 251 g/mol. The van der Waals surface area contributed by atoms with Gasteiger partial charge in [-0.2, -0.15) is 0 Å². The van der Waals surface area contributed by atoms with Crippen LogP contribution in [0.25, 0.3) is 0 Å². The molecular weight excluding hydrogens is 230 g/mol. The summed E-state index contributed by atoms with van der Waals surface area (Å²) in [4.78, 5) is 12.6. The molecule has 2 N–H and O–H groups in total. The minimum Gasteiger partial charge on any atom is -0.479 e. The zero-order chi connectivity index (χ0) is 13.4. The first-order valence-corrected chi connectivity index (χ1v) is 6.36. The zero-order valence-electron chi connectivity index (χ0n) is 10.7. The number of aliphatic hydroxyl groups excluding tert-OH is 1. The Balaban J connectivity index is 2.66. The number of para-hydroxylation sites is 1. The van der Waals surface area contributed by atoms with Gasteiger partial charge in [0.15, 0.2) is 6.10 Å². The molecule has 0 aliphatic heterocycles. The highest BCUT2D eigenvalue weighted by molar-refractivity contribution is 5.73. The molecule has 1 aromatic carbocycles. The molecule has 0 fully saturated rings.